The Balaban J connectivity index is 0.000000581. The Bertz CT molecular complexity index is 268. The van der Waals surface area contributed by atoms with Crippen molar-refractivity contribution in [2.75, 3.05) is 0 Å². The molecule has 4 nitrogen and oxygen atoms in total. The molecule has 2 saturated carbocycles. The fraction of sp³-hybridized carbons (Fsp3) is 0.923. The molecule has 98 valence electrons. The molecule has 2 aliphatic carbocycles. The lowest BCUT2D eigenvalue weighted by atomic mass is 9.79. The highest BCUT2D eigenvalue weighted by Crippen LogP contribution is 2.57. The topological polar surface area (TPSA) is 65.8 Å². The first-order valence-corrected chi connectivity index (χ1v) is 6.85. The second-order valence-electron chi connectivity index (χ2n) is 4.30. The van der Waals surface area contributed by atoms with E-state index in [0.717, 1.165) is 25.7 Å². The number of rotatable bonds is 1. The molecule has 0 aromatic carbocycles. The lowest BCUT2D eigenvalue weighted by Crippen LogP contribution is -2.20. The van der Waals surface area contributed by atoms with Gasteiger partial charge in [-0.25, -0.2) is 0 Å². The standard InChI is InChI=1S/C9H13N3O.2C2H6/c10-12-11-8(13)7-1-3-9(4-2-7)5-6-9;2*1-2/h7H,1-6H2;2*1-2H3. The summed E-state index contributed by atoms with van der Waals surface area (Å²) in [5, 5.41) is 3.16. The summed E-state index contributed by atoms with van der Waals surface area (Å²) in [5.41, 5.74) is 8.72. The molecule has 0 bridgehead atoms. The highest BCUT2D eigenvalue weighted by atomic mass is 16.1. The fourth-order valence-electron chi connectivity index (χ4n) is 2.28. The summed E-state index contributed by atoms with van der Waals surface area (Å²) in [6.07, 6.45) is 6.86. The highest BCUT2D eigenvalue weighted by molar-refractivity contribution is 5.79. The van der Waals surface area contributed by atoms with Gasteiger partial charge in [0.15, 0.2) is 0 Å². The molecular weight excluding hydrogens is 214 g/mol. The van der Waals surface area contributed by atoms with Crippen molar-refractivity contribution < 1.29 is 4.79 Å². The van der Waals surface area contributed by atoms with Gasteiger partial charge in [-0.05, 0) is 54.6 Å². The molecule has 0 unspecified atom stereocenters. The van der Waals surface area contributed by atoms with Crippen LogP contribution in [0.1, 0.15) is 66.2 Å². The van der Waals surface area contributed by atoms with Crippen LogP contribution in [0.25, 0.3) is 10.4 Å². The summed E-state index contributed by atoms with van der Waals surface area (Å²) < 4.78 is 0. The van der Waals surface area contributed by atoms with Crippen molar-refractivity contribution in [3.8, 4) is 0 Å². The van der Waals surface area contributed by atoms with Crippen molar-refractivity contribution in [1.29, 1.82) is 0 Å². The molecule has 0 atom stereocenters. The van der Waals surface area contributed by atoms with E-state index in [4.69, 9.17) is 5.53 Å². The third kappa shape index (κ3) is 4.78. The second-order valence-corrected chi connectivity index (χ2v) is 4.30. The Kier molecular flexibility index (Phi) is 7.64. The lowest BCUT2D eigenvalue weighted by Gasteiger charge is -2.26. The van der Waals surface area contributed by atoms with Gasteiger partial charge in [0.2, 0.25) is 5.91 Å². The third-order valence-corrected chi connectivity index (χ3v) is 3.50. The second kappa shape index (κ2) is 8.13. The van der Waals surface area contributed by atoms with Gasteiger partial charge < -0.3 is 0 Å². The molecule has 1 amide bonds. The molecule has 0 N–H and O–H groups in total. The van der Waals surface area contributed by atoms with Crippen LogP contribution >= 0.6 is 0 Å². The van der Waals surface area contributed by atoms with Gasteiger partial charge in [-0.15, -0.1) is 0 Å². The average molecular weight is 239 g/mol. The SMILES string of the molecule is CC.CC.[N-]=[N+]=NC(=O)C1CCC2(CC1)CC2. The minimum Gasteiger partial charge on any atom is -0.292 e. The summed E-state index contributed by atoms with van der Waals surface area (Å²) in [6, 6.07) is 0. The van der Waals surface area contributed by atoms with Gasteiger partial charge in [0.05, 0.1) is 0 Å². The van der Waals surface area contributed by atoms with Gasteiger partial charge in [-0.1, -0.05) is 27.7 Å². The Hall–Kier alpha value is -1.02. The van der Waals surface area contributed by atoms with E-state index in [9.17, 15) is 4.79 Å². The van der Waals surface area contributed by atoms with Crippen LogP contribution in [0.15, 0.2) is 5.11 Å². The van der Waals surface area contributed by atoms with Gasteiger partial charge in [0.1, 0.15) is 0 Å². The molecule has 0 aromatic rings. The predicted molar refractivity (Wildman–Crippen MR) is 70.5 cm³/mol. The first-order valence-electron chi connectivity index (χ1n) is 6.85. The van der Waals surface area contributed by atoms with E-state index in [2.05, 4.69) is 10.0 Å². The highest BCUT2D eigenvalue weighted by Gasteiger charge is 2.45. The van der Waals surface area contributed by atoms with Gasteiger partial charge >= 0.3 is 0 Å². The predicted octanol–water partition coefficient (Wildman–Crippen LogP) is 4.85. The molecule has 2 fully saturated rings. The molecule has 17 heavy (non-hydrogen) atoms. The van der Waals surface area contributed by atoms with Crippen molar-refractivity contribution in [1.82, 2.24) is 0 Å². The first kappa shape index (κ1) is 16.0. The Morgan fingerprint density at radius 3 is 1.94 bits per heavy atom. The minimum absolute atomic E-state index is 0.0159. The number of nitrogens with zero attached hydrogens (tertiary/aromatic N) is 3. The zero-order valence-electron chi connectivity index (χ0n) is 11.6. The Morgan fingerprint density at radius 1 is 1.12 bits per heavy atom. The minimum atomic E-state index is -0.252. The summed E-state index contributed by atoms with van der Waals surface area (Å²) in [7, 11) is 0. The molecule has 0 heterocycles. The lowest BCUT2D eigenvalue weighted by molar-refractivity contribution is -0.123. The van der Waals surface area contributed by atoms with E-state index < -0.39 is 0 Å². The average Bonchev–Trinajstić information content (AvgIpc) is 3.15. The monoisotopic (exact) mass is 239 g/mol. The van der Waals surface area contributed by atoms with Gasteiger partial charge in [-0.3, -0.25) is 4.79 Å². The van der Waals surface area contributed by atoms with Crippen LogP contribution in [-0.4, -0.2) is 5.91 Å². The van der Waals surface area contributed by atoms with Crippen LogP contribution in [0, 0.1) is 11.3 Å². The van der Waals surface area contributed by atoms with E-state index in [-0.39, 0.29) is 11.8 Å². The van der Waals surface area contributed by atoms with E-state index in [1.807, 2.05) is 27.7 Å². The molecular formula is C13H25N3O. The number of carbonyl (C=O) groups excluding carboxylic acids is 1. The normalized spacial score (nSPS) is 20.0. The van der Waals surface area contributed by atoms with Crippen LogP contribution in [0.4, 0.5) is 0 Å². The number of amides is 1. The summed E-state index contributed by atoms with van der Waals surface area (Å²) in [4.78, 5) is 13.7. The van der Waals surface area contributed by atoms with Crippen LogP contribution < -0.4 is 0 Å². The van der Waals surface area contributed by atoms with Gasteiger partial charge in [0, 0.05) is 10.8 Å². The Labute approximate surface area is 104 Å². The zero-order chi connectivity index (χ0) is 13.3. The van der Waals surface area contributed by atoms with Crippen molar-refractivity contribution in [2.24, 2.45) is 16.4 Å². The van der Waals surface area contributed by atoms with Crippen molar-refractivity contribution in [3.63, 3.8) is 0 Å². The first-order chi connectivity index (χ1) is 8.26. The van der Waals surface area contributed by atoms with E-state index >= 15 is 0 Å². The number of hydrogen-bond donors (Lipinski definition) is 0. The van der Waals surface area contributed by atoms with Crippen molar-refractivity contribution >= 4 is 5.91 Å². The smallest absolute Gasteiger partial charge is 0.222 e. The molecule has 2 aliphatic rings. The fourth-order valence-corrected chi connectivity index (χ4v) is 2.28. The number of carbonyl (C=O) groups is 1. The molecule has 2 rings (SSSR count). The van der Waals surface area contributed by atoms with Crippen LogP contribution in [-0.2, 0) is 4.79 Å². The zero-order valence-corrected chi connectivity index (χ0v) is 11.6. The Morgan fingerprint density at radius 2 is 1.59 bits per heavy atom. The maximum atomic E-state index is 11.2. The molecule has 0 saturated heterocycles. The van der Waals surface area contributed by atoms with Crippen LogP contribution in [0.5, 0.6) is 0 Å². The molecule has 0 radical (unpaired) electrons. The maximum Gasteiger partial charge on any atom is 0.222 e. The van der Waals surface area contributed by atoms with Crippen molar-refractivity contribution in [2.45, 2.75) is 66.2 Å². The summed E-state index contributed by atoms with van der Waals surface area (Å²) >= 11 is 0. The molecule has 0 aromatic heterocycles. The number of azide groups is 1. The van der Waals surface area contributed by atoms with Crippen molar-refractivity contribution in [3.05, 3.63) is 10.4 Å². The van der Waals surface area contributed by atoms with E-state index in [1.165, 1.54) is 12.8 Å². The van der Waals surface area contributed by atoms with Gasteiger partial charge in [-0.2, -0.15) is 0 Å². The van der Waals surface area contributed by atoms with E-state index in [0.29, 0.717) is 5.41 Å². The van der Waals surface area contributed by atoms with Crippen LogP contribution in [0.2, 0.25) is 0 Å². The maximum absolute atomic E-state index is 11.2. The summed E-state index contributed by atoms with van der Waals surface area (Å²) in [6.45, 7) is 8.00. The quantitative estimate of drug-likeness (QED) is 0.366. The molecule has 4 heteroatoms. The third-order valence-electron chi connectivity index (χ3n) is 3.50. The number of hydrogen-bond acceptors (Lipinski definition) is 1. The van der Waals surface area contributed by atoms with Gasteiger partial charge in [0.25, 0.3) is 0 Å². The van der Waals surface area contributed by atoms with E-state index in [1.54, 1.807) is 0 Å². The largest absolute Gasteiger partial charge is 0.292 e. The molecule has 1 spiro atoms. The summed E-state index contributed by atoms with van der Waals surface area (Å²) in [5.74, 6) is -0.236. The molecule has 0 aliphatic heterocycles. The van der Waals surface area contributed by atoms with Crippen LogP contribution in [0.3, 0.4) is 0 Å².